The Kier molecular flexibility index (Phi) is 7.68. The SMILES string of the molecule is Br.CCN(CC)CCn1nc2c3c(c(NCCN)ccc31)Sc1cccc(OC)c1-2. The van der Waals surface area contributed by atoms with E-state index in [1.807, 2.05) is 12.1 Å². The molecule has 0 spiro atoms. The molecule has 1 aliphatic rings. The zero-order valence-corrected chi connectivity index (χ0v) is 20.3. The van der Waals surface area contributed by atoms with Gasteiger partial charge in [0.2, 0.25) is 0 Å². The summed E-state index contributed by atoms with van der Waals surface area (Å²) < 4.78 is 7.85. The van der Waals surface area contributed by atoms with Gasteiger partial charge in [0.05, 0.1) is 24.7 Å². The molecular formula is C22H30BrN5OS. The summed E-state index contributed by atoms with van der Waals surface area (Å²) in [6.45, 7) is 9.70. The molecule has 0 fully saturated rings. The minimum absolute atomic E-state index is 0. The Balaban J connectivity index is 0.00000256. The van der Waals surface area contributed by atoms with E-state index < -0.39 is 0 Å². The van der Waals surface area contributed by atoms with Gasteiger partial charge in [-0.3, -0.25) is 4.68 Å². The number of hydrogen-bond donors (Lipinski definition) is 2. The van der Waals surface area contributed by atoms with Crippen molar-refractivity contribution >= 4 is 45.3 Å². The first-order valence-corrected chi connectivity index (χ1v) is 11.1. The number of likely N-dealkylation sites (N-methyl/N-ethyl adjacent to an activating group) is 1. The first-order valence-electron chi connectivity index (χ1n) is 10.3. The van der Waals surface area contributed by atoms with E-state index in [-0.39, 0.29) is 17.0 Å². The number of aromatic nitrogens is 2. The van der Waals surface area contributed by atoms with Crippen LogP contribution in [-0.4, -0.2) is 54.5 Å². The third-order valence-corrected chi connectivity index (χ3v) is 6.70. The van der Waals surface area contributed by atoms with Crippen LogP contribution in [0, 0.1) is 0 Å². The van der Waals surface area contributed by atoms with E-state index in [1.165, 1.54) is 20.7 Å². The zero-order chi connectivity index (χ0) is 20.4. The fraction of sp³-hybridized carbons (Fsp3) is 0.409. The van der Waals surface area contributed by atoms with Crippen LogP contribution in [0.5, 0.6) is 5.75 Å². The van der Waals surface area contributed by atoms with Crippen LogP contribution in [0.4, 0.5) is 5.69 Å². The van der Waals surface area contributed by atoms with Crippen LogP contribution in [0.1, 0.15) is 13.8 Å². The van der Waals surface area contributed by atoms with Crippen LogP contribution in [0.2, 0.25) is 0 Å². The Morgan fingerprint density at radius 3 is 2.70 bits per heavy atom. The van der Waals surface area contributed by atoms with Crippen molar-refractivity contribution in [1.29, 1.82) is 0 Å². The highest BCUT2D eigenvalue weighted by Crippen LogP contribution is 2.53. The van der Waals surface area contributed by atoms with E-state index in [0.717, 1.165) is 55.4 Å². The minimum Gasteiger partial charge on any atom is -0.496 e. The summed E-state index contributed by atoms with van der Waals surface area (Å²) in [7, 11) is 1.73. The fourth-order valence-corrected chi connectivity index (χ4v) is 5.14. The van der Waals surface area contributed by atoms with Crippen molar-refractivity contribution < 1.29 is 4.74 Å². The highest BCUT2D eigenvalue weighted by molar-refractivity contribution is 8.93. The first kappa shape index (κ1) is 22.9. The van der Waals surface area contributed by atoms with E-state index in [4.69, 9.17) is 15.6 Å². The van der Waals surface area contributed by atoms with Crippen LogP contribution >= 0.6 is 28.7 Å². The van der Waals surface area contributed by atoms with Crippen molar-refractivity contribution in [2.45, 2.75) is 30.2 Å². The number of hydrogen-bond acceptors (Lipinski definition) is 6. The lowest BCUT2D eigenvalue weighted by Crippen LogP contribution is -2.27. The molecular weight excluding hydrogens is 462 g/mol. The standard InChI is InChI=1S/C22H29N5OS.BrH/c1-4-26(5-2)13-14-27-16-10-9-15(24-12-11-23)22-19(16)21(25-27)20-17(28-3)7-6-8-18(20)29-22;/h6-10,24H,4-5,11-14,23H2,1-3H3;1H. The maximum Gasteiger partial charge on any atom is 0.129 e. The summed E-state index contributed by atoms with van der Waals surface area (Å²) in [4.78, 5) is 4.82. The van der Waals surface area contributed by atoms with Crippen molar-refractivity contribution in [3.8, 4) is 17.0 Å². The molecule has 0 unspecified atom stereocenters. The molecule has 0 aliphatic carbocycles. The summed E-state index contributed by atoms with van der Waals surface area (Å²) >= 11 is 1.78. The highest BCUT2D eigenvalue weighted by Gasteiger charge is 2.28. The number of nitrogens with two attached hydrogens (primary N) is 1. The predicted octanol–water partition coefficient (Wildman–Crippen LogP) is 4.47. The zero-order valence-electron chi connectivity index (χ0n) is 17.8. The molecule has 1 aliphatic heterocycles. The molecule has 2 aromatic carbocycles. The molecule has 1 aromatic heterocycles. The number of ether oxygens (including phenoxy) is 1. The Morgan fingerprint density at radius 2 is 2.00 bits per heavy atom. The number of halogens is 1. The van der Waals surface area contributed by atoms with E-state index >= 15 is 0 Å². The lowest BCUT2D eigenvalue weighted by molar-refractivity contribution is 0.287. The average molecular weight is 492 g/mol. The molecule has 30 heavy (non-hydrogen) atoms. The fourth-order valence-electron chi connectivity index (χ4n) is 3.92. The monoisotopic (exact) mass is 491 g/mol. The summed E-state index contributed by atoms with van der Waals surface area (Å²) in [5.74, 6) is 0.872. The van der Waals surface area contributed by atoms with Gasteiger partial charge in [-0.15, -0.1) is 17.0 Å². The van der Waals surface area contributed by atoms with Gasteiger partial charge in [0.25, 0.3) is 0 Å². The quantitative estimate of drug-likeness (QED) is 0.360. The molecule has 162 valence electrons. The molecule has 0 bridgehead atoms. The van der Waals surface area contributed by atoms with Crippen LogP contribution in [0.3, 0.4) is 0 Å². The van der Waals surface area contributed by atoms with Gasteiger partial charge in [0.1, 0.15) is 11.4 Å². The number of nitrogens with zero attached hydrogens (tertiary/aromatic N) is 3. The van der Waals surface area contributed by atoms with E-state index in [1.54, 1.807) is 18.9 Å². The van der Waals surface area contributed by atoms with Gasteiger partial charge < -0.3 is 20.7 Å². The van der Waals surface area contributed by atoms with Crippen LogP contribution in [0.25, 0.3) is 22.2 Å². The number of methoxy groups -OCH3 is 1. The molecule has 3 aromatic rings. The lowest BCUT2D eigenvalue weighted by atomic mass is 10.1. The molecule has 3 N–H and O–H groups in total. The molecule has 0 amide bonds. The molecule has 8 heteroatoms. The lowest BCUT2D eigenvalue weighted by Gasteiger charge is -2.20. The number of nitrogens with one attached hydrogen (secondary N) is 1. The van der Waals surface area contributed by atoms with Crippen LogP contribution < -0.4 is 15.8 Å². The highest BCUT2D eigenvalue weighted by atomic mass is 79.9. The second-order valence-corrected chi connectivity index (χ2v) is 8.14. The Labute approximate surface area is 192 Å². The normalized spacial score (nSPS) is 12.0. The van der Waals surface area contributed by atoms with Gasteiger partial charge in [-0.05, 0) is 37.4 Å². The van der Waals surface area contributed by atoms with E-state index in [9.17, 15) is 0 Å². The topological polar surface area (TPSA) is 68.3 Å². The van der Waals surface area contributed by atoms with E-state index in [2.05, 4.69) is 46.9 Å². The Hall–Kier alpha value is -1.74. The summed E-state index contributed by atoms with van der Waals surface area (Å²) in [5.41, 5.74) is 10.1. The van der Waals surface area contributed by atoms with Gasteiger partial charge in [-0.25, -0.2) is 0 Å². The van der Waals surface area contributed by atoms with Crippen molar-refractivity contribution in [3.05, 3.63) is 30.3 Å². The number of fused-ring (bicyclic) bond motifs is 2. The molecule has 0 atom stereocenters. The van der Waals surface area contributed by atoms with Crippen LogP contribution in [0.15, 0.2) is 40.1 Å². The maximum atomic E-state index is 5.73. The van der Waals surface area contributed by atoms with Crippen molar-refractivity contribution in [2.75, 3.05) is 45.2 Å². The molecule has 6 nitrogen and oxygen atoms in total. The van der Waals surface area contributed by atoms with Gasteiger partial charge in [0, 0.05) is 40.5 Å². The Morgan fingerprint density at radius 1 is 1.20 bits per heavy atom. The summed E-state index contributed by atoms with van der Waals surface area (Å²) in [5, 5.41) is 9.76. The second-order valence-electron chi connectivity index (χ2n) is 7.09. The van der Waals surface area contributed by atoms with Crippen molar-refractivity contribution in [1.82, 2.24) is 14.7 Å². The average Bonchev–Trinajstić information content (AvgIpc) is 3.13. The minimum atomic E-state index is 0. The molecule has 0 saturated heterocycles. The van der Waals surface area contributed by atoms with Gasteiger partial charge in [-0.1, -0.05) is 31.7 Å². The molecule has 4 rings (SSSR count). The van der Waals surface area contributed by atoms with Crippen molar-refractivity contribution in [2.24, 2.45) is 5.73 Å². The number of anilines is 1. The summed E-state index contributed by atoms with van der Waals surface area (Å²) in [6, 6.07) is 10.5. The second kappa shape index (κ2) is 10.0. The third kappa shape index (κ3) is 4.06. The molecule has 2 heterocycles. The number of rotatable bonds is 9. The van der Waals surface area contributed by atoms with E-state index in [0.29, 0.717) is 6.54 Å². The summed E-state index contributed by atoms with van der Waals surface area (Å²) in [6.07, 6.45) is 0. The largest absolute Gasteiger partial charge is 0.496 e. The molecule has 0 saturated carbocycles. The smallest absolute Gasteiger partial charge is 0.129 e. The van der Waals surface area contributed by atoms with Gasteiger partial charge in [0.15, 0.2) is 0 Å². The Bertz CT molecular complexity index is 1020. The van der Waals surface area contributed by atoms with Gasteiger partial charge >= 0.3 is 0 Å². The third-order valence-electron chi connectivity index (χ3n) is 5.51. The van der Waals surface area contributed by atoms with Gasteiger partial charge in [-0.2, -0.15) is 5.10 Å². The number of benzene rings is 2. The van der Waals surface area contributed by atoms with Crippen molar-refractivity contribution in [3.63, 3.8) is 0 Å². The first-order chi connectivity index (χ1) is 14.2. The molecule has 0 radical (unpaired) electrons. The van der Waals surface area contributed by atoms with Crippen LogP contribution in [-0.2, 0) is 6.54 Å². The maximum absolute atomic E-state index is 5.73. The predicted molar refractivity (Wildman–Crippen MR) is 131 cm³/mol.